The molecule has 4 rings (SSSR count). The first-order valence-corrected chi connectivity index (χ1v) is 9.85. The Labute approximate surface area is 182 Å². The number of hydrogen-bond donors (Lipinski definition) is 1. The number of nitrogens with two attached hydrogens (primary N) is 1. The number of alkyl halides is 1. The minimum absolute atomic E-state index is 0.162. The smallest absolute Gasteiger partial charge is 0.177 e. The van der Waals surface area contributed by atoms with E-state index in [1.54, 1.807) is 48.8 Å². The fourth-order valence-electron chi connectivity index (χ4n) is 2.94. The van der Waals surface area contributed by atoms with Gasteiger partial charge in [-0.2, -0.15) is 0 Å². The average Bonchev–Trinajstić information content (AvgIpc) is 3.32. The first kappa shape index (κ1) is 20.6. The number of halogens is 2. The third-order valence-electron chi connectivity index (χ3n) is 4.53. The molecule has 0 saturated carbocycles. The Morgan fingerprint density at radius 2 is 2.26 bits per heavy atom. The van der Waals surface area contributed by atoms with Gasteiger partial charge in [0.15, 0.2) is 5.82 Å². The van der Waals surface area contributed by atoms with Crippen molar-refractivity contribution in [3.8, 4) is 11.3 Å². The Bertz CT molecular complexity index is 1170. The van der Waals surface area contributed by atoms with Crippen molar-refractivity contribution in [1.82, 2.24) is 20.1 Å². The van der Waals surface area contributed by atoms with Crippen molar-refractivity contribution in [2.24, 2.45) is 10.7 Å². The Balaban J connectivity index is 1.68. The molecule has 0 amide bonds. The van der Waals surface area contributed by atoms with Gasteiger partial charge in [0.05, 0.1) is 23.6 Å². The van der Waals surface area contributed by atoms with Crippen molar-refractivity contribution in [1.29, 1.82) is 0 Å². The van der Waals surface area contributed by atoms with Crippen molar-refractivity contribution in [2.75, 3.05) is 6.54 Å². The largest absolute Gasteiger partial charge is 0.396 e. The number of allylic oxidation sites excluding steroid dienone is 4. The van der Waals surface area contributed by atoms with Crippen LogP contribution in [0.1, 0.15) is 17.9 Å². The summed E-state index contributed by atoms with van der Waals surface area (Å²) in [6, 6.07) is 6.93. The van der Waals surface area contributed by atoms with Crippen LogP contribution in [0, 0.1) is 0 Å². The van der Waals surface area contributed by atoms with Gasteiger partial charge in [0.2, 0.25) is 0 Å². The van der Waals surface area contributed by atoms with Gasteiger partial charge in [0.25, 0.3) is 0 Å². The molecular formula is C22H18ClFN6O. The van der Waals surface area contributed by atoms with E-state index in [0.717, 1.165) is 5.56 Å². The molecule has 7 nitrogen and oxygen atoms in total. The number of pyridine rings is 1. The van der Waals surface area contributed by atoms with Crippen molar-refractivity contribution in [3.05, 3.63) is 89.5 Å². The number of nitrogens with zero attached hydrogens (tertiary/aromatic N) is 5. The Morgan fingerprint density at radius 3 is 3.00 bits per heavy atom. The maximum Gasteiger partial charge on any atom is 0.177 e. The van der Waals surface area contributed by atoms with Crippen LogP contribution < -0.4 is 5.73 Å². The summed E-state index contributed by atoms with van der Waals surface area (Å²) in [7, 11) is 0. The Hall–Kier alpha value is -3.65. The first-order valence-electron chi connectivity index (χ1n) is 9.47. The van der Waals surface area contributed by atoms with Crippen molar-refractivity contribution in [2.45, 2.75) is 12.6 Å². The molecule has 0 fully saturated rings. The third-order valence-corrected chi connectivity index (χ3v) is 4.72. The molecule has 3 aromatic rings. The van der Waals surface area contributed by atoms with Crippen LogP contribution in [0.4, 0.5) is 4.39 Å². The minimum atomic E-state index is -1.06. The molecule has 0 aliphatic heterocycles. The fourth-order valence-corrected chi connectivity index (χ4v) is 3.12. The molecule has 0 aromatic carbocycles. The number of rotatable bonds is 6. The van der Waals surface area contributed by atoms with Gasteiger partial charge in [-0.25, -0.2) is 14.4 Å². The lowest BCUT2D eigenvalue weighted by molar-refractivity contribution is 0.379. The van der Waals surface area contributed by atoms with E-state index in [0.29, 0.717) is 29.1 Å². The summed E-state index contributed by atoms with van der Waals surface area (Å²) in [5.41, 5.74) is 9.31. The van der Waals surface area contributed by atoms with E-state index >= 15 is 0 Å². The highest BCUT2D eigenvalue weighted by atomic mass is 35.5. The zero-order valence-electron chi connectivity index (χ0n) is 16.3. The van der Waals surface area contributed by atoms with E-state index < -0.39 is 6.17 Å². The topological polar surface area (TPSA) is 103 Å². The van der Waals surface area contributed by atoms with Gasteiger partial charge in [0.1, 0.15) is 23.3 Å². The Morgan fingerprint density at radius 1 is 1.35 bits per heavy atom. The van der Waals surface area contributed by atoms with Gasteiger partial charge in [-0.3, -0.25) is 9.98 Å². The lowest BCUT2D eigenvalue weighted by Crippen LogP contribution is -2.12. The first-order chi connectivity index (χ1) is 15.1. The summed E-state index contributed by atoms with van der Waals surface area (Å²) in [6.07, 6.45) is 10.9. The molecule has 3 aromatic heterocycles. The molecule has 3 heterocycles. The van der Waals surface area contributed by atoms with Gasteiger partial charge in [-0.05, 0) is 23.8 Å². The predicted octanol–water partition coefficient (Wildman–Crippen LogP) is 4.19. The van der Waals surface area contributed by atoms with Crippen LogP contribution in [0.15, 0.2) is 82.3 Å². The van der Waals surface area contributed by atoms with Gasteiger partial charge in [-0.1, -0.05) is 35.0 Å². The van der Waals surface area contributed by atoms with Gasteiger partial charge < -0.3 is 10.3 Å². The van der Waals surface area contributed by atoms with Crippen molar-refractivity contribution < 1.29 is 8.91 Å². The molecule has 31 heavy (non-hydrogen) atoms. The van der Waals surface area contributed by atoms with Crippen LogP contribution in [0.2, 0.25) is 5.15 Å². The van der Waals surface area contributed by atoms with Crippen molar-refractivity contribution >= 4 is 23.0 Å². The molecule has 0 radical (unpaired) electrons. The highest BCUT2D eigenvalue weighted by molar-refractivity contribution is 6.29. The average molecular weight is 437 g/mol. The zero-order chi connectivity index (χ0) is 21.6. The molecule has 156 valence electrons. The summed E-state index contributed by atoms with van der Waals surface area (Å²) < 4.78 is 19.0. The molecule has 1 aliphatic carbocycles. The third kappa shape index (κ3) is 5.10. The fraction of sp³-hybridized carbons (Fsp3) is 0.136. The molecule has 1 atom stereocenters. The lowest BCUT2D eigenvalue weighted by atomic mass is 10.0. The minimum Gasteiger partial charge on any atom is -0.396 e. The lowest BCUT2D eigenvalue weighted by Gasteiger charge is -2.12. The molecule has 1 unspecified atom stereocenters. The highest BCUT2D eigenvalue weighted by Gasteiger charge is 2.15. The van der Waals surface area contributed by atoms with Gasteiger partial charge in [-0.15, -0.1) is 0 Å². The standard InChI is InChI=1S/C22H18ClFN6O/c23-21-11-19(15-5-3-8-26-12-15)28-22(29-21)17(25)10-20(18-7-9-31-30-18)27-13-14-4-1-2-6-16(14)24/h1-5,7-12,16H,6,13,25H2. The van der Waals surface area contributed by atoms with E-state index in [1.807, 2.05) is 12.1 Å². The van der Waals surface area contributed by atoms with Crippen LogP contribution >= 0.6 is 11.6 Å². The predicted molar refractivity (Wildman–Crippen MR) is 117 cm³/mol. The SMILES string of the molecule is NC(=CC(=NCC1=CC=CCC1F)c1ccon1)c1nc(Cl)cc(-c2cccnc2)n1. The van der Waals surface area contributed by atoms with Crippen LogP contribution in [-0.2, 0) is 0 Å². The summed E-state index contributed by atoms with van der Waals surface area (Å²) in [4.78, 5) is 17.3. The normalized spacial score (nSPS) is 17.0. The zero-order valence-corrected chi connectivity index (χ0v) is 17.1. The summed E-state index contributed by atoms with van der Waals surface area (Å²) >= 11 is 6.19. The summed E-state index contributed by atoms with van der Waals surface area (Å²) in [5.74, 6) is 0.228. The summed E-state index contributed by atoms with van der Waals surface area (Å²) in [6.45, 7) is 0.162. The van der Waals surface area contributed by atoms with Crippen LogP contribution in [-0.4, -0.2) is 38.5 Å². The van der Waals surface area contributed by atoms with Crippen LogP contribution in [0.5, 0.6) is 0 Å². The highest BCUT2D eigenvalue weighted by Crippen LogP contribution is 2.21. The maximum absolute atomic E-state index is 14.1. The van der Waals surface area contributed by atoms with E-state index in [2.05, 4.69) is 25.1 Å². The quantitative estimate of drug-likeness (QED) is 0.459. The number of hydrogen-bond acceptors (Lipinski definition) is 7. The van der Waals surface area contributed by atoms with Crippen molar-refractivity contribution in [3.63, 3.8) is 0 Å². The molecular weight excluding hydrogens is 419 g/mol. The van der Waals surface area contributed by atoms with E-state index in [4.69, 9.17) is 21.9 Å². The monoisotopic (exact) mass is 436 g/mol. The molecule has 1 aliphatic rings. The van der Waals surface area contributed by atoms with Crippen LogP contribution in [0.25, 0.3) is 17.0 Å². The van der Waals surface area contributed by atoms with E-state index in [-0.39, 0.29) is 23.2 Å². The second-order valence-electron chi connectivity index (χ2n) is 6.70. The number of aromatic nitrogens is 4. The van der Waals surface area contributed by atoms with Gasteiger partial charge in [0, 0.05) is 36.5 Å². The molecule has 2 N–H and O–H groups in total. The molecule has 0 spiro atoms. The van der Waals surface area contributed by atoms with E-state index in [1.165, 1.54) is 6.26 Å². The molecule has 9 heteroatoms. The van der Waals surface area contributed by atoms with Crippen LogP contribution in [0.3, 0.4) is 0 Å². The summed E-state index contributed by atoms with van der Waals surface area (Å²) in [5, 5.41) is 4.16. The number of aliphatic imine (C=N–C) groups is 1. The van der Waals surface area contributed by atoms with Gasteiger partial charge >= 0.3 is 0 Å². The van der Waals surface area contributed by atoms with E-state index in [9.17, 15) is 4.39 Å². The molecule has 0 bridgehead atoms. The second-order valence-corrected chi connectivity index (χ2v) is 7.09. The maximum atomic E-state index is 14.1. The Kier molecular flexibility index (Phi) is 6.28. The second kappa shape index (κ2) is 9.44. The molecule has 0 saturated heterocycles.